The molecule has 0 bridgehead atoms. The van der Waals surface area contributed by atoms with Crippen LogP contribution >= 0.6 is 15.9 Å². The van der Waals surface area contributed by atoms with Crippen LogP contribution in [0, 0.1) is 0 Å². The number of aryl methyl sites for hydroxylation is 1. The van der Waals surface area contributed by atoms with Crippen LogP contribution in [0.4, 0.5) is 0 Å². The van der Waals surface area contributed by atoms with Crippen molar-refractivity contribution in [2.45, 2.75) is 6.10 Å². The molecule has 1 amide bonds. The van der Waals surface area contributed by atoms with Crippen LogP contribution in [0.15, 0.2) is 12.4 Å². The maximum Gasteiger partial charge on any atom is 0.257 e. The van der Waals surface area contributed by atoms with Crippen molar-refractivity contribution in [2.75, 3.05) is 25.0 Å². The van der Waals surface area contributed by atoms with Crippen molar-refractivity contribution in [2.24, 2.45) is 7.05 Å². The minimum atomic E-state index is 0.0300. The molecule has 1 unspecified atom stereocenters. The molecule has 2 heterocycles. The van der Waals surface area contributed by atoms with Gasteiger partial charge in [-0.25, -0.2) is 0 Å². The van der Waals surface area contributed by atoms with E-state index in [-0.39, 0.29) is 12.0 Å². The van der Waals surface area contributed by atoms with Crippen LogP contribution in [0.5, 0.6) is 0 Å². The van der Waals surface area contributed by atoms with E-state index in [0.717, 1.165) is 5.33 Å². The van der Waals surface area contributed by atoms with Crippen molar-refractivity contribution in [3.8, 4) is 0 Å². The van der Waals surface area contributed by atoms with Crippen molar-refractivity contribution in [1.82, 2.24) is 14.7 Å². The van der Waals surface area contributed by atoms with Gasteiger partial charge in [0.2, 0.25) is 0 Å². The van der Waals surface area contributed by atoms with E-state index in [4.69, 9.17) is 4.74 Å². The summed E-state index contributed by atoms with van der Waals surface area (Å²) in [7, 11) is 1.80. The van der Waals surface area contributed by atoms with Gasteiger partial charge in [-0.15, -0.1) is 0 Å². The first-order valence-electron chi connectivity index (χ1n) is 5.16. The molecule has 0 aromatic carbocycles. The Balaban J connectivity index is 2.04. The first kappa shape index (κ1) is 11.6. The van der Waals surface area contributed by atoms with Gasteiger partial charge >= 0.3 is 0 Å². The number of rotatable bonds is 2. The van der Waals surface area contributed by atoms with E-state index in [2.05, 4.69) is 21.0 Å². The third kappa shape index (κ3) is 2.44. The minimum absolute atomic E-state index is 0.0300. The Morgan fingerprint density at radius 2 is 2.56 bits per heavy atom. The molecule has 16 heavy (non-hydrogen) atoms. The predicted octanol–water partition coefficient (Wildman–Crippen LogP) is 0.656. The van der Waals surface area contributed by atoms with Crippen molar-refractivity contribution in [3.05, 3.63) is 18.0 Å². The summed E-state index contributed by atoms with van der Waals surface area (Å²) >= 11 is 3.37. The second-order valence-electron chi connectivity index (χ2n) is 3.80. The highest BCUT2D eigenvalue weighted by Crippen LogP contribution is 2.11. The van der Waals surface area contributed by atoms with Crippen molar-refractivity contribution in [3.63, 3.8) is 0 Å². The van der Waals surface area contributed by atoms with Crippen LogP contribution in [0.25, 0.3) is 0 Å². The van der Waals surface area contributed by atoms with Crippen LogP contribution in [-0.2, 0) is 11.8 Å². The summed E-state index contributed by atoms with van der Waals surface area (Å²) in [6, 6.07) is 0. The Kier molecular flexibility index (Phi) is 3.60. The first-order chi connectivity index (χ1) is 7.70. The topological polar surface area (TPSA) is 47.4 Å². The van der Waals surface area contributed by atoms with E-state index in [1.807, 2.05) is 4.90 Å². The lowest BCUT2D eigenvalue weighted by molar-refractivity contribution is -0.00965. The Morgan fingerprint density at radius 3 is 3.19 bits per heavy atom. The van der Waals surface area contributed by atoms with E-state index < -0.39 is 0 Å². The third-order valence-electron chi connectivity index (χ3n) is 2.55. The summed E-state index contributed by atoms with van der Waals surface area (Å²) in [5.74, 6) is 0.0300. The smallest absolute Gasteiger partial charge is 0.257 e. The van der Waals surface area contributed by atoms with Crippen LogP contribution in [0.1, 0.15) is 10.4 Å². The molecule has 1 aliphatic rings. The number of aromatic nitrogens is 2. The van der Waals surface area contributed by atoms with E-state index in [1.165, 1.54) is 0 Å². The van der Waals surface area contributed by atoms with Gasteiger partial charge in [-0.1, -0.05) is 15.9 Å². The van der Waals surface area contributed by atoms with Gasteiger partial charge < -0.3 is 9.64 Å². The quantitative estimate of drug-likeness (QED) is 0.751. The number of ether oxygens (including phenoxy) is 1. The van der Waals surface area contributed by atoms with Gasteiger partial charge in [0.15, 0.2) is 0 Å². The summed E-state index contributed by atoms with van der Waals surface area (Å²) in [4.78, 5) is 13.9. The molecule has 88 valence electrons. The molecule has 0 saturated carbocycles. The van der Waals surface area contributed by atoms with Gasteiger partial charge in [0.1, 0.15) is 0 Å². The molecular weight excluding hydrogens is 274 g/mol. The Labute approximate surface area is 102 Å². The van der Waals surface area contributed by atoms with Crippen molar-refractivity contribution >= 4 is 21.8 Å². The normalized spacial score (nSPS) is 21.1. The predicted molar refractivity (Wildman–Crippen MR) is 62.6 cm³/mol. The number of carbonyl (C=O) groups excluding carboxylic acids is 1. The third-order valence-corrected chi connectivity index (χ3v) is 3.27. The Morgan fingerprint density at radius 1 is 1.75 bits per heavy atom. The monoisotopic (exact) mass is 287 g/mol. The number of nitrogens with zero attached hydrogens (tertiary/aromatic N) is 3. The van der Waals surface area contributed by atoms with Crippen molar-refractivity contribution < 1.29 is 9.53 Å². The molecular formula is C10H14BrN3O2. The zero-order valence-corrected chi connectivity index (χ0v) is 10.7. The average Bonchev–Trinajstić information content (AvgIpc) is 2.75. The zero-order chi connectivity index (χ0) is 11.5. The number of morpholine rings is 1. The Hall–Kier alpha value is -0.880. The molecule has 1 aliphatic heterocycles. The summed E-state index contributed by atoms with van der Waals surface area (Å²) < 4.78 is 7.12. The molecule has 1 aromatic heterocycles. The lowest BCUT2D eigenvalue weighted by Crippen LogP contribution is -2.46. The fourth-order valence-electron chi connectivity index (χ4n) is 1.71. The van der Waals surface area contributed by atoms with Gasteiger partial charge in [-0.3, -0.25) is 9.48 Å². The van der Waals surface area contributed by atoms with Gasteiger partial charge in [-0.2, -0.15) is 5.10 Å². The number of amides is 1. The van der Waals surface area contributed by atoms with Crippen LogP contribution in [0.2, 0.25) is 0 Å². The van der Waals surface area contributed by atoms with Gasteiger partial charge in [-0.05, 0) is 0 Å². The summed E-state index contributed by atoms with van der Waals surface area (Å²) in [6.45, 7) is 1.89. The SMILES string of the molecule is Cn1cc(C(=O)N2CCOC(CBr)C2)cn1. The number of alkyl halides is 1. The minimum Gasteiger partial charge on any atom is -0.374 e. The molecule has 0 aliphatic carbocycles. The fraction of sp³-hybridized carbons (Fsp3) is 0.600. The highest BCUT2D eigenvalue weighted by molar-refractivity contribution is 9.09. The molecule has 0 spiro atoms. The number of halogens is 1. The number of hydrogen-bond donors (Lipinski definition) is 0. The molecule has 1 saturated heterocycles. The Bertz CT molecular complexity index is 380. The summed E-state index contributed by atoms with van der Waals surface area (Å²) in [5, 5.41) is 4.75. The maximum atomic E-state index is 12.1. The van der Waals surface area contributed by atoms with E-state index in [0.29, 0.717) is 25.3 Å². The van der Waals surface area contributed by atoms with Gasteiger partial charge in [0.25, 0.3) is 5.91 Å². The fourth-order valence-corrected chi connectivity index (χ4v) is 2.10. The lowest BCUT2D eigenvalue weighted by Gasteiger charge is -2.31. The summed E-state index contributed by atoms with van der Waals surface area (Å²) in [5.41, 5.74) is 0.637. The number of hydrogen-bond acceptors (Lipinski definition) is 3. The maximum absolute atomic E-state index is 12.1. The molecule has 1 atom stereocenters. The van der Waals surface area contributed by atoms with E-state index in [1.54, 1.807) is 24.1 Å². The highest BCUT2D eigenvalue weighted by atomic mass is 79.9. The van der Waals surface area contributed by atoms with Gasteiger partial charge in [0, 0.05) is 31.7 Å². The lowest BCUT2D eigenvalue weighted by atomic mass is 10.2. The highest BCUT2D eigenvalue weighted by Gasteiger charge is 2.24. The number of carbonyl (C=O) groups is 1. The molecule has 0 radical (unpaired) electrons. The van der Waals surface area contributed by atoms with Gasteiger partial charge in [0.05, 0.1) is 24.5 Å². The second kappa shape index (κ2) is 4.97. The van der Waals surface area contributed by atoms with Crippen LogP contribution < -0.4 is 0 Å². The molecule has 2 rings (SSSR count). The summed E-state index contributed by atoms with van der Waals surface area (Å²) in [6.07, 6.45) is 3.43. The van der Waals surface area contributed by atoms with Crippen LogP contribution in [-0.4, -0.2) is 51.7 Å². The molecule has 5 nitrogen and oxygen atoms in total. The van der Waals surface area contributed by atoms with Crippen LogP contribution in [0.3, 0.4) is 0 Å². The average molecular weight is 288 g/mol. The standard InChI is InChI=1S/C10H14BrN3O2/c1-13-6-8(5-12-13)10(15)14-2-3-16-9(4-11)7-14/h5-6,9H,2-4,7H2,1H3. The van der Waals surface area contributed by atoms with E-state index in [9.17, 15) is 4.79 Å². The largest absolute Gasteiger partial charge is 0.374 e. The first-order valence-corrected chi connectivity index (χ1v) is 6.28. The molecule has 0 N–H and O–H groups in total. The molecule has 6 heteroatoms. The molecule has 1 aromatic rings. The second-order valence-corrected chi connectivity index (χ2v) is 4.45. The van der Waals surface area contributed by atoms with Crippen molar-refractivity contribution in [1.29, 1.82) is 0 Å². The molecule has 1 fully saturated rings. The van der Waals surface area contributed by atoms with E-state index >= 15 is 0 Å². The zero-order valence-electron chi connectivity index (χ0n) is 9.10.